The molecule has 1 aromatic carbocycles. The van der Waals surface area contributed by atoms with Gasteiger partial charge in [-0.25, -0.2) is 4.39 Å². The zero-order valence-electron chi connectivity index (χ0n) is 16.5. The Kier molecular flexibility index (Phi) is 5.71. The monoisotopic (exact) mass is 342 g/mol. The quantitative estimate of drug-likeness (QED) is 0.497. The van der Waals surface area contributed by atoms with Crippen molar-refractivity contribution in [2.45, 2.75) is 90.9 Å². The Morgan fingerprint density at radius 1 is 1.08 bits per heavy atom. The van der Waals surface area contributed by atoms with Crippen LogP contribution in [-0.2, 0) is 6.42 Å². The van der Waals surface area contributed by atoms with Gasteiger partial charge in [0.2, 0.25) is 0 Å². The second-order valence-corrected chi connectivity index (χ2v) is 9.69. The molecule has 25 heavy (non-hydrogen) atoms. The summed E-state index contributed by atoms with van der Waals surface area (Å²) in [6.07, 6.45) is 12.5. The third kappa shape index (κ3) is 4.74. The van der Waals surface area contributed by atoms with E-state index in [1.165, 1.54) is 62.5 Å². The third-order valence-corrected chi connectivity index (χ3v) is 6.20. The molecule has 0 bridgehead atoms. The molecular weight excluding hydrogens is 307 g/mol. The van der Waals surface area contributed by atoms with Crippen LogP contribution in [0.3, 0.4) is 0 Å². The van der Waals surface area contributed by atoms with Crippen molar-refractivity contribution in [3.63, 3.8) is 0 Å². The maximum atomic E-state index is 14.9. The van der Waals surface area contributed by atoms with Crippen LogP contribution in [0.1, 0.15) is 101 Å². The van der Waals surface area contributed by atoms with E-state index < -0.39 is 0 Å². The number of hydrogen-bond donors (Lipinski definition) is 0. The summed E-state index contributed by atoms with van der Waals surface area (Å²) in [5.41, 5.74) is 4.56. The van der Waals surface area contributed by atoms with Crippen LogP contribution in [0.4, 0.5) is 4.39 Å². The molecule has 2 aliphatic carbocycles. The first-order valence-corrected chi connectivity index (χ1v) is 10.3. The van der Waals surface area contributed by atoms with Crippen LogP contribution in [-0.4, -0.2) is 0 Å². The number of halogens is 1. The first-order chi connectivity index (χ1) is 11.8. The molecule has 2 fully saturated rings. The molecule has 1 aromatic rings. The van der Waals surface area contributed by atoms with E-state index >= 15 is 0 Å². The Balaban J connectivity index is 1.82. The molecule has 0 saturated heterocycles. The Morgan fingerprint density at radius 2 is 1.76 bits per heavy atom. The van der Waals surface area contributed by atoms with Crippen molar-refractivity contribution < 1.29 is 4.39 Å². The molecule has 0 amide bonds. The molecule has 0 radical (unpaired) electrons. The largest absolute Gasteiger partial charge is 0.206 e. The van der Waals surface area contributed by atoms with Gasteiger partial charge in [-0.2, -0.15) is 0 Å². The van der Waals surface area contributed by atoms with Crippen molar-refractivity contribution in [3.05, 3.63) is 41.2 Å². The molecule has 3 rings (SSSR count). The van der Waals surface area contributed by atoms with Crippen molar-refractivity contribution in [1.82, 2.24) is 0 Å². The van der Waals surface area contributed by atoms with Gasteiger partial charge in [-0.3, -0.25) is 0 Å². The predicted octanol–water partition coefficient (Wildman–Crippen LogP) is 7.67. The lowest BCUT2D eigenvalue weighted by atomic mass is 9.75. The second-order valence-electron chi connectivity index (χ2n) is 9.69. The highest BCUT2D eigenvalue weighted by atomic mass is 19.1. The van der Waals surface area contributed by atoms with Crippen LogP contribution in [0.5, 0.6) is 0 Å². The average Bonchev–Trinajstić information content (AvgIpc) is 2.96. The van der Waals surface area contributed by atoms with E-state index in [0.717, 1.165) is 29.9 Å². The fourth-order valence-electron chi connectivity index (χ4n) is 4.61. The lowest BCUT2D eigenvalue weighted by Gasteiger charge is -2.30. The summed E-state index contributed by atoms with van der Waals surface area (Å²) < 4.78 is 14.9. The van der Waals surface area contributed by atoms with Gasteiger partial charge >= 0.3 is 0 Å². The maximum absolute atomic E-state index is 14.9. The molecule has 0 unspecified atom stereocenters. The number of allylic oxidation sites excluding steroid dienone is 1. The van der Waals surface area contributed by atoms with Crippen LogP contribution in [0.15, 0.2) is 18.7 Å². The second kappa shape index (κ2) is 7.64. The smallest absolute Gasteiger partial charge is 0.130 e. The first-order valence-electron chi connectivity index (χ1n) is 10.3. The summed E-state index contributed by atoms with van der Waals surface area (Å²) >= 11 is 0. The zero-order valence-corrected chi connectivity index (χ0v) is 16.5. The van der Waals surface area contributed by atoms with Crippen molar-refractivity contribution >= 4 is 5.57 Å². The van der Waals surface area contributed by atoms with Crippen molar-refractivity contribution in [1.29, 1.82) is 0 Å². The number of rotatable bonds is 6. The van der Waals surface area contributed by atoms with E-state index in [2.05, 4.69) is 33.4 Å². The Hall–Kier alpha value is -1.11. The molecule has 1 heteroatoms. The molecule has 0 aliphatic heterocycles. The van der Waals surface area contributed by atoms with Gasteiger partial charge in [-0.15, -0.1) is 0 Å². The van der Waals surface area contributed by atoms with Gasteiger partial charge < -0.3 is 0 Å². The summed E-state index contributed by atoms with van der Waals surface area (Å²) in [6.45, 7) is 10.8. The zero-order chi connectivity index (χ0) is 18.0. The molecule has 138 valence electrons. The maximum Gasteiger partial charge on any atom is 0.130 e. The summed E-state index contributed by atoms with van der Waals surface area (Å²) in [7, 11) is 0. The van der Waals surface area contributed by atoms with Gasteiger partial charge in [-0.05, 0) is 78.2 Å². The van der Waals surface area contributed by atoms with E-state index in [1.54, 1.807) is 0 Å². The normalized spacial score (nSPS) is 19.2. The summed E-state index contributed by atoms with van der Waals surface area (Å²) in [4.78, 5) is 0. The van der Waals surface area contributed by atoms with E-state index in [0.29, 0.717) is 5.92 Å². The standard InChI is InChI=1S/C24H35F/c1-17(16-24(2,3)4)21-15-22(19-10-7-11-19)20(14-23(21)25)13-12-18-8-5-6-9-18/h14-15,18-19H,1,5-13,16H2,2-4H3. The molecule has 0 nitrogen and oxygen atoms in total. The van der Waals surface area contributed by atoms with E-state index in [-0.39, 0.29) is 11.2 Å². The minimum absolute atomic E-state index is 0.0567. The molecule has 0 atom stereocenters. The van der Waals surface area contributed by atoms with Gasteiger partial charge in [0.25, 0.3) is 0 Å². The van der Waals surface area contributed by atoms with Crippen molar-refractivity contribution in [2.24, 2.45) is 11.3 Å². The number of benzene rings is 1. The SMILES string of the molecule is C=C(CC(C)(C)C)c1cc(C2CCC2)c(CCC2CCCC2)cc1F. The van der Waals surface area contributed by atoms with E-state index in [4.69, 9.17) is 0 Å². The lowest BCUT2D eigenvalue weighted by Crippen LogP contribution is -2.14. The minimum atomic E-state index is -0.0567. The van der Waals surface area contributed by atoms with Crippen LogP contribution < -0.4 is 0 Å². The molecule has 0 heterocycles. The fourth-order valence-corrected chi connectivity index (χ4v) is 4.61. The third-order valence-electron chi connectivity index (χ3n) is 6.20. The highest BCUT2D eigenvalue weighted by Gasteiger charge is 2.25. The Labute approximate surface area is 153 Å². The first kappa shape index (κ1) is 18.7. The van der Waals surface area contributed by atoms with Gasteiger partial charge in [0.05, 0.1) is 0 Å². The Bertz CT molecular complexity index is 610. The molecule has 0 aromatic heterocycles. The van der Waals surface area contributed by atoms with Gasteiger partial charge in [0, 0.05) is 5.56 Å². The van der Waals surface area contributed by atoms with Crippen molar-refractivity contribution in [2.75, 3.05) is 0 Å². The predicted molar refractivity (Wildman–Crippen MR) is 106 cm³/mol. The van der Waals surface area contributed by atoms with Crippen LogP contribution in [0.25, 0.3) is 5.57 Å². The van der Waals surface area contributed by atoms with E-state index in [9.17, 15) is 4.39 Å². The van der Waals surface area contributed by atoms with Gasteiger partial charge in [0.1, 0.15) is 5.82 Å². The molecule has 2 aliphatic rings. The van der Waals surface area contributed by atoms with Crippen LogP contribution in [0.2, 0.25) is 0 Å². The topological polar surface area (TPSA) is 0 Å². The van der Waals surface area contributed by atoms with Gasteiger partial charge in [0.15, 0.2) is 0 Å². The highest BCUT2D eigenvalue weighted by molar-refractivity contribution is 5.66. The van der Waals surface area contributed by atoms with Crippen molar-refractivity contribution in [3.8, 4) is 0 Å². The summed E-state index contributed by atoms with van der Waals surface area (Å²) in [5.74, 6) is 1.46. The highest BCUT2D eigenvalue weighted by Crippen LogP contribution is 2.41. The Morgan fingerprint density at radius 3 is 2.32 bits per heavy atom. The van der Waals surface area contributed by atoms with E-state index in [1.807, 2.05) is 6.07 Å². The average molecular weight is 343 g/mol. The number of hydrogen-bond acceptors (Lipinski definition) is 0. The summed E-state index contributed by atoms with van der Waals surface area (Å²) in [6, 6.07) is 4.02. The molecular formula is C24H35F. The van der Waals surface area contributed by atoms with Gasteiger partial charge in [-0.1, -0.05) is 59.5 Å². The summed E-state index contributed by atoms with van der Waals surface area (Å²) in [5, 5.41) is 0. The lowest BCUT2D eigenvalue weighted by molar-refractivity contribution is 0.413. The van der Waals surface area contributed by atoms with Crippen LogP contribution >= 0.6 is 0 Å². The molecule has 0 N–H and O–H groups in total. The minimum Gasteiger partial charge on any atom is -0.206 e. The number of aryl methyl sites for hydroxylation is 1. The molecule has 2 saturated carbocycles. The molecule has 0 spiro atoms. The fraction of sp³-hybridized carbons (Fsp3) is 0.667. The van der Waals surface area contributed by atoms with Crippen LogP contribution in [0, 0.1) is 17.2 Å².